The standard InChI is InChI=1S/C13H20N2O4/c1-4-18-9-10(3)14-11-6-12(15(16)17)8-13(7-11)19-5-2/h6-8,10,14H,4-5,9H2,1-3H3. The largest absolute Gasteiger partial charge is 0.494 e. The highest BCUT2D eigenvalue weighted by molar-refractivity contribution is 5.56. The number of benzene rings is 1. The van der Waals surface area contributed by atoms with Crippen molar-refractivity contribution in [2.24, 2.45) is 0 Å². The molecule has 0 aliphatic heterocycles. The third-order valence-electron chi connectivity index (χ3n) is 2.40. The van der Waals surface area contributed by atoms with Gasteiger partial charge < -0.3 is 14.8 Å². The Morgan fingerprint density at radius 2 is 2.05 bits per heavy atom. The highest BCUT2D eigenvalue weighted by atomic mass is 16.6. The zero-order valence-corrected chi connectivity index (χ0v) is 11.5. The summed E-state index contributed by atoms with van der Waals surface area (Å²) in [5.41, 5.74) is 0.668. The van der Waals surface area contributed by atoms with E-state index in [2.05, 4.69) is 5.32 Å². The first-order valence-electron chi connectivity index (χ1n) is 6.33. The molecule has 0 aromatic heterocycles. The minimum atomic E-state index is -0.430. The van der Waals surface area contributed by atoms with Gasteiger partial charge in [0.1, 0.15) is 5.75 Å². The van der Waals surface area contributed by atoms with Gasteiger partial charge in [-0.1, -0.05) is 0 Å². The Hall–Kier alpha value is -1.82. The van der Waals surface area contributed by atoms with Gasteiger partial charge in [-0.2, -0.15) is 0 Å². The zero-order chi connectivity index (χ0) is 14.3. The van der Waals surface area contributed by atoms with Gasteiger partial charge in [0, 0.05) is 30.5 Å². The van der Waals surface area contributed by atoms with Crippen LogP contribution in [0.25, 0.3) is 0 Å². The summed E-state index contributed by atoms with van der Waals surface area (Å²) in [4.78, 5) is 10.4. The molecule has 1 aromatic rings. The van der Waals surface area contributed by atoms with Gasteiger partial charge in [0.05, 0.1) is 24.2 Å². The molecule has 6 nitrogen and oxygen atoms in total. The summed E-state index contributed by atoms with van der Waals surface area (Å²) in [7, 11) is 0. The molecule has 1 aromatic carbocycles. The number of hydrogen-bond donors (Lipinski definition) is 1. The van der Waals surface area contributed by atoms with Gasteiger partial charge in [0.15, 0.2) is 0 Å². The van der Waals surface area contributed by atoms with Gasteiger partial charge in [0.25, 0.3) is 5.69 Å². The van der Waals surface area contributed by atoms with Crippen LogP contribution in [0.5, 0.6) is 5.75 Å². The van der Waals surface area contributed by atoms with Crippen LogP contribution in [0.2, 0.25) is 0 Å². The van der Waals surface area contributed by atoms with E-state index in [0.717, 1.165) is 0 Å². The van der Waals surface area contributed by atoms with Crippen molar-refractivity contribution in [3.05, 3.63) is 28.3 Å². The summed E-state index contributed by atoms with van der Waals surface area (Å²) in [5.74, 6) is 0.489. The van der Waals surface area contributed by atoms with Crippen LogP contribution in [-0.4, -0.2) is 30.8 Å². The molecule has 0 saturated carbocycles. The molecule has 0 radical (unpaired) electrons. The number of nitro groups is 1. The van der Waals surface area contributed by atoms with E-state index >= 15 is 0 Å². The van der Waals surface area contributed by atoms with E-state index in [-0.39, 0.29) is 11.7 Å². The molecule has 0 bridgehead atoms. The Balaban J connectivity index is 2.83. The normalized spacial score (nSPS) is 11.9. The van der Waals surface area contributed by atoms with E-state index in [1.54, 1.807) is 6.07 Å². The third kappa shape index (κ3) is 5.13. The Morgan fingerprint density at radius 3 is 2.63 bits per heavy atom. The summed E-state index contributed by atoms with van der Waals surface area (Å²) in [5, 5.41) is 14.0. The predicted molar refractivity (Wildman–Crippen MR) is 73.8 cm³/mol. The van der Waals surface area contributed by atoms with E-state index in [9.17, 15) is 10.1 Å². The van der Waals surface area contributed by atoms with Gasteiger partial charge in [-0.25, -0.2) is 0 Å². The second-order valence-corrected chi connectivity index (χ2v) is 4.11. The second-order valence-electron chi connectivity index (χ2n) is 4.11. The maximum atomic E-state index is 10.9. The third-order valence-corrected chi connectivity index (χ3v) is 2.40. The first kappa shape index (κ1) is 15.2. The highest BCUT2D eigenvalue weighted by Crippen LogP contribution is 2.26. The summed E-state index contributed by atoms with van der Waals surface area (Å²) >= 11 is 0. The molecule has 0 fully saturated rings. The molecule has 1 rings (SSSR count). The SMILES string of the molecule is CCOCC(C)Nc1cc(OCC)cc([N+](=O)[O-])c1. The van der Waals surface area contributed by atoms with Crippen LogP contribution < -0.4 is 10.1 Å². The number of nitrogens with one attached hydrogen (secondary N) is 1. The fourth-order valence-electron chi connectivity index (χ4n) is 1.64. The lowest BCUT2D eigenvalue weighted by Crippen LogP contribution is -2.21. The van der Waals surface area contributed by atoms with E-state index in [1.807, 2.05) is 20.8 Å². The second kappa shape index (κ2) is 7.58. The fraction of sp³-hybridized carbons (Fsp3) is 0.538. The van der Waals surface area contributed by atoms with Crippen LogP contribution in [-0.2, 0) is 4.74 Å². The Kier molecular flexibility index (Phi) is 6.08. The molecule has 19 heavy (non-hydrogen) atoms. The van der Waals surface area contributed by atoms with Crippen molar-refractivity contribution in [1.82, 2.24) is 0 Å². The Morgan fingerprint density at radius 1 is 1.32 bits per heavy atom. The molecule has 1 atom stereocenters. The minimum absolute atomic E-state index is 0.0112. The van der Waals surface area contributed by atoms with Gasteiger partial charge in [-0.15, -0.1) is 0 Å². The van der Waals surface area contributed by atoms with Crippen molar-refractivity contribution in [3.8, 4) is 5.75 Å². The number of anilines is 1. The van der Waals surface area contributed by atoms with E-state index < -0.39 is 4.92 Å². The number of non-ortho nitro benzene ring substituents is 1. The summed E-state index contributed by atoms with van der Waals surface area (Å²) in [6.45, 7) is 7.37. The van der Waals surface area contributed by atoms with Gasteiger partial charge in [-0.3, -0.25) is 10.1 Å². The lowest BCUT2D eigenvalue weighted by atomic mass is 10.2. The smallest absolute Gasteiger partial charge is 0.275 e. The Labute approximate surface area is 112 Å². The van der Waals surface area contributed by atoms with E-state index in [0.29, 0.717) is 31.3 Å². The van der Waals surface area contributed by atoms with Gasteiger partial charge in [0.2, 0.25) is 0 Å². The van der Waals surface area contributed by atoms with Crippen LogP contribution in [0.4, 0.5) is 11.4 Å². The van der Waals surface area contributed by atoms with Crippen LogP contribution in [0, 0.1) is 10.1 Å². The number of nitro benzene ring substituents is 1. The van der Waals surface area contributed by atoms with Gasteiger partial charge in [-0.05, 0) is 20.8 Å². The molecule has 106 valence electrons. The van der Waals surface area contributed by atoms with Crippen LogP contribution in [0.15, 0.2) is 18.2 Å². The Bertz CT molecular complexity index is 423. The molecule has 0 aliphatic carbocycles. The monoisotopic (exact) mass is 268 g/mol. The number of hydrogen-bond acceptors (Lipinski definition) is 5. The van der Waals surface area contributed by atoms with Crippen molar-refractivity contribution in [2.75, 3.05) is 25.1 Å². The average molecular weight is 268 g/mol. The van der Waals surface area contributed by atoms with Crippen LogP contribution in [0.1, 0.15) is 20.8 Å². The average Bonchev–Trinajstić information content (AvgIpc) is 2.36. The number of ether oxygens (including phenoxy) is 2. The summed E-state index contributed by atoms with van der Waals surface area (Å²) in [6.07, 6.45) is 0. The van der Waals surface area contributed by atoms with E-state index in [4.69, 9.17) is 9.47 Å². The first-order chi connectivity index (χ1) is 9.06. The van der Waals surface area contributed by atoms with Crippen molar-refractivity contribution < 1.29 is 14.4 Å². The maximum Gasteiger partial charge on any atom is 0.275 e. The molecule has 1 N–H and O–H groups in total. The van der Waals surface area contributed by atoms with Gasteiger partial charge >= 0.3 is 0 Å². The molecule has 1 unspecified atom stereocenters. The zero-order valence-electron chi connectivity index (χ0n) is 11.5. The topological polar surface area (TPSA) is 73.6 Å². The van der Waals surface area contributed by atoms with Crippen molar-refractivity contribution >= 4 is 11.4 Å². The van der Waals surface area contributed by atoms with Crippen molar-refractivity contribution in [1.29, 1.82) is 0 Å². The van der Waals surface area contributed by atoms with Crippen LogP contribution in [0.3, 0.4) is 0 Å². The maximum absolute atomic E-state index is 10.9. The molecular weight excluding hydrogens is 248 g/mol. The highest BCUT2D eigenvalue weighted by Gasteiger charge is 2.12. The van der Waals surface area contributed by atoms with E-state index in [1.165, 1.54) is 12.1 Å². The number of nitrogens with zero attached hydrogens (tertiary/aromatic N) is 1. The predicted octanol–water partition coefficient (Wildman–Crippen LogP) is 2.83. The molecule has 0 spiro atoms. The lowest BCUT2D eigenvalue weighted by Gasteiger charge is -2.15. The minimum Gasteiger partial charge on any atom is -0.494 e. The molecule has 0 aliphatic rings. The molecular formula is C13H20N2O4. The quantitative estimate of drug-likeness (QED) is 0.579. The fourth-order valence-corrected chi connectivity index (χ4v) is 1.64. The first-order valence-corrected chi connectivity index (χ1v) is 6.33. The van der Waals surface area contributed by atoms with Crippen molar-refractivity contribution in [3.63, 3.8) is 0 Å². The molecule has 0 heterocycles. The number of rotatable bonds is 8. The molecule has 0 saturated heterocycles. The molecule has 0 amide bonds. The summed E-state index contributed by atoms with van der Waals surface area (Å²) < 4.78 is 10.6. The summed E-state index contributed by atoms with van der Waals surface area (Å²) in [6, 6.07) is 4.72. The van der Waals surface area contributed by atoms with Crippen LogP contribution >= 0.6 is 0 Å². The van der Waals surface area contributed by atoms with Crippen molar-refractivity contribution in [2.45, 2.75) is 26.8 Å². The molecule has 6 heteroatoms. The lowest BCUT2D eigenvalue weighted by molar-refractivity contribution is -0.384.